The van der Waals surface area contributed by atoms with Crippen LogP contribution in [0.4, 0.5) is 4.39 Å². The predicted molar refractivity (Wildman–Crippen MR) is 88.6 cm³/mol. The molecule has 0 bridgehead atoms. The van der Waals surface area contributed by atoms with E-state index >= 15 is 0 Å². The van der Waals surface area contributed by atoms with E-state index in [0.29, 0.717) is 24.3 Å². The highest BCUT2D eigenvalue weighted by molar-refractivity contribution is 7.08. The molecule has 5 heteroatoms. The fourth-order valence-corrected chi connectivity index (χ4v) is 2.90. The van der Waals surface area contributed by atoms with E-state index in [9.17, 15) is 9.18 Å². The number of aryl methyl sites for hydroxylation is 1. The first kappa shape index (κ1) is 15.5. The second kappa shape index (κ2) is 7.24. The highest BCUT2D eigenvalue weighted by Gasteiger charge is 2.08. The lowest BCUT2D eigenvalue weighted by molar-refractivity contribution is -0.121. The topological polar surface area (TPSA) is 42.2 Å². The lowest BCUT2D eigenvalue weighted by atomic mass is 10.1. The van der Waals surface area contributed by atoms with Crippen molar-refractivity contribution in [2.24, 2.45) is 0 Å². The lowest BCUT2D eigenvalue weighted by Crippen LogP contribution is -2.22. The van der Waals surface area contributed by atoms with Crippen molar-refractivity contribution in [2.75, 3.05) is 0 Å². The number of benzene rings is 1. The maximum Gasteiger partial charge on any atom is 0.220 e. The van der Waals surface area contributed by atoms with E-state index in [2.05, 4.69) is 5.32 Å². The van der Waals surface area contributed by atoms with Gasteiger partial charge in [0, 0.05) is 17.4 Å². The van der Waals surface area contributed by atoms with Crippen molar-refractivity contribution in [1.29, 1.82) is 0 Å². The number of carbonyl (C=O) groups excluding carboxylic acids is 1. The largest absolute Gasteiger partial charge is 0.459 e. The van der Waals surface area contributed by atoms with Crippen LogP contribution in [-0.4, -0.2) is 5.91 Å². The van der Waals surface area contributed by atoms with Gasteiger partial charge < -0.3 is 9.73 Å². The van der Waals surface area contributed by atoms with Crippen LogP contribution in [0.25, 0.3) is 11.3 Å². The van der Waals surface area contributed by atoms with Gasteiger partial charge in [-0.15, -0.1) is 0 Å². The molecule has 23 heavy (non-hydrogen) atoms. The standard InChI is InChI=1S/C18H16FNO2S/c19-16-4-2-1-3-13(16)5-8-18(21)20-11-15-6-7-17(22-15)14-9-10-23-12-14/h1-4,6-7,9-10,12H,5,8,11H2,(H,20,21). The summed E-state index contributed by atoms with van der Waals surface area (Å²) in [4.78, 5) is 11.9. The quantitative estimate of drug-likeness (QED) is 0.728. The fourth-order valence-electron chi connectivity index (χ4n) is 2.26. The summed E-state index contributed by atoms with van der Waals surface area (Å²) in [5.41, 5.74) is 1.59. The van der Waals surface area contributed by atoms with Crippen molar-refractivity contribution >= 4 is 17.2 Å². The summed E-state index contributed by atoms with van der Waals surface area (Å²) in [6.07, 6.45) is 0.635. The number of furan rings is 1. The maximum atomic E-state index is 13.5. The van der Waals surface area contributed by atoms with E-state index in [4.69, 9.17) is 4.42 Å². The number of hydrogen-bond acceptors (Lipinski definition) is 3. The molecule has 3 aromatic rings. The van der Waals surface area contributed by atoms with Gasteiger partial charge in [0.25, 0.3) is 0 Å². The normalized spacial score (nSPS) is 10.7. The number of nitrogens with one attached hydrogen (secondary N) is 1. The van der Waals surface area contributed by atoms with Crippen LogP contribution in [0.5, 0.6) is 0 Å². The molecular weight excluding hydrogens is 313 g/mol. The number of halogens is 1. The van der Waals surface area contributed by atoms with Gasteiger partial charge in [-0.25, -0.2) is 4.39 Å². The molecule has 1 N–H and O–H groups in total. The zero-order valence-corrected chi connectivity index (χ0v) is 13.2. The minimum absolute atomic E-state index is 0.123. The van der Waals surface area contributed by atoms with Crippen molar-refractivity contribution in [2.45, 2.75) is 19.4 Å². The van der Waals surface area contributed by atoms with E-state index < -0.39 is 0 Å². The molecule has 0 saturated carbocycles. The second-order valence-corrected chi connectivity index (χ2v) is 5.93. The molecule has 0 fully saturated rings. The van der Waals surface area contributed by atoms with E-state index in [1.807, 2.05) is 29.0 Å². The molecule has 0 atom stereocenters. The molecule has 0 aliphatic heterocycles. The average molecular weight is 329 g/mol. The van der Waals surface area contributed by atoms with Gasteiger partial charge in [-0.2, -0.15) is 11.3 Å². The van der Waals surface area contributed by atoms with Gasteiger partial charge >= 0.3 is 0 Å². The second-order valence-electron chi connectivity index (χ2n) is 5.15. The Balaban J connectivity index is 1.49. The molecule has 0 radical (unpaired) electrons. The Bertz CT molecular complexity index is 780. The molecular formula is C18H16FNO2S. The number of rotatable bonds is 6. The van der Waals surface area contributed by atoms with Crippen LogP contribution in [-0.2, 0) is 17.8 Å². The predicted octanol–water partition coefficient (Wildman–Crippen LogP) is 4.40. The smallest absolute Gasteiger partial charge is 0.220 e. The van der Waals surface area contributed by atoms with Crippen LogP contribution >= 0.6 is 11.3 Å². The van der Waals surface area contributed by atoms with Gasteiger partial charge in [0.05, 0.1) is 6.54 Å². The Morgan fingerprint density at radius 1 is 1.17 bits per heavy atom. The number of hydrogen-bond donors (Lipinski definition) is 1. The van der Waals surface area contributed by atoms with Gasteiger partial charge in [-0.1, -0.05) is 18.2 Å². The van der Waals surface area contributed by atoms with Crippen molar-refractivity contribution in [3.8, 4) is 11.3 Å². The highest BCUT2D eigenvalue weighted by atomic mass is 32.1. The number of carbonyl (C=O) groups is 1. The maximum absolute atomic E-state index is 13.5. The zero-order valence-electron chi connectivity index (χ0n) is 12.4. The fraction of sp³-hybridized carbons (Fsp3) is 0.167. The van der Waals surface area contributed by atoms with Gasteiger partial charge in [-0.05, 0) is 41.6 Å². The van der Waals surface area contributed by atoms with Crippen LogP contribution in [0.1, 0.15) is 17.7 Å². The first-order valence-electron chi connectivity index (χ1n) is 7.34. The molecule has 3 rings (SSSR count). The van der Waals surface area contributed by atoms with Crippen molar-refractivity contribution < 1.29 is 13.6 Å². The Morgan fingerprint density at radius 3 is 2.83 bits per heavy atom. The SMILES string of the molecule is O=C(CCc1ccccc1F)NCc1ccc(-c2ccsc2)o1. The van der Waals surface area contributed by atoms with E-state index in [1.165, 1.54) is 6.07 Å². The molecule has 0 spiro atoms. The summed E-state index contributed by atoms with van der Waals surface area (Å²) in [6.45, 7) is 0.334. The Labute approximate surface area is 137 Å². The van der Waals surface area contributed by atoms with E-state index in [-0.39, 0.29) is 18.1 Å². The number of amides is 1. The summed E-state index contributed by atoms with van der Waals surface area (Å²) in [5, 5.41) is 6.79. The van der Waals surface area contributed by atoms with Crippen LogP contribution in [0, 0.1) is 5.82 Å². The molecule has 1 amide bonds. The molecule has 0 unspecified atom stereocenters. The lowest BCUT2D eigenvalue weighted by Gasteiger charge is -2.04. The molecule has 2 heterocycles. The summed E-state index contributed by atoms with van der Waals surface area (Å²) >= 11 is 1.61. The highest BCUT2D eigenvalue weighted by Crippen LogP contribution is 2.24. The number of thiophene rings is 1. The first-order chi connectivity index (χ1) is 11.2. The molecule has 1 aromatic carbocycles. The van der Waals surface area contributed by atoms with Gasteiger partial charge in [0.1, 0.15) is 17.3 Å². The minimum Gasteiger partial charge on any atom is -0.459 e. The summed E-state index contributed by atoms with van der Waals surface area (Å²) in [7, 11) is 0. The average Bonchev–Trinajstić information content (AvgIpc) is 3.23. The molecule has 0 aliphatic rings. The van der Waals surface area contributed by atoms with Crippen molar-refractivity contribution in [3.05, 3.63) is 70.4 Å². The Kier molecular flexibility index (Phi) is 4.88. The van der Waals surface area contributed by atoms with Crippen molar-refractivity contribution in [3.63, 3.8) is 0 Å². The van der Waals surface area contributed by atoms with Gasteiger partial charge in [0.15, 0.2) is 0 Å². The third-order valence-corrected chi connectivity index (χ3v) is 4.19. The molecule has 3 nitrogen and oxygen atoms in total. The van der Waals surface area contributed by atoms with E-state index in [1.54, 1.807) is 29.5 Å². The van der Waals surface area contributed by atoms with Crippen LogP contribution in [0.2, 0.25) is 0 Å². The van der Waals surface area contributed by atoms with Crippen LogP contribution < -0.4 is 5.32 Å². The Morgan fingerprint density at radius 2 is 2.04 bits per heavy atom. The zero-order chi connectivity index (χ0) is 16.1. The summed E-state index contributed by atoms with van der Waals surface area (Å²) < 4.78 is 19.2. The van der Waals surface area contributed by atoms with Crippen molar-refractivity contribution in [1.82, 2.24) is 5.32 Å². The summed E-state index contributed by atoms with van der Waals surface area (Å²) in [5.74, 6) is 1.10. The van der Waals surface area contributed by atoms with Crippen LogP contribution in [0.15, 0.2) is 57.6 Å². The van der Waals surface area contributed by atoms with E-state index in [0.717, 1.165) is 11.3 Å². The molecule has 118 valence electrons. The first-order valence-corrected chi connectivity index (χ1v) is 8.28. The summed E-state index contributed by atoms with van der Waals surface area (Å²) in [6, 6.07) is 12.2. The van der Waals surface area contributed by atoms with Crippen LogP contribution in [0.3, 0.4) is 0 Å². The molecule has 0 saturated heterocycles. The third kappa shape index (κ3) is 4.07. The minimum atomic E-state index is -0.272. The molecule has 2 aromatic heterocycles. The monoisotopic (exact) mass is 329 g/mol. The Hall–Kier alpha value is -2.40. The van der Waals surface area contributed by atoms with Gasteiger partial charge in [-0.3, -0.25) is 4.79 Å². The van der Waals surface area contributed by atoms with Gasteiger partial charge in [0.2, 0.25) is 5.91 Å². The third-order valence-electron chi connectivity index (χ3n) is 3.51. The molecule has 0 aliphatic carbocycles.